The van der Waals surface area contributed by atoms with Crippen LogP contribution in [0.5, 0.6) is 5.75 Å². The molecule has 4 aromatic rings. The zero-order valence-electron chi connectivity index (χ0n) is 16.2. The van der Waals surface area contributed by atoms with Crippen LogP contribution in [-0.2, 0) is 0 Å². The summed E-state index contributed by atoms with van der Waals surface area (Å²) in [5.74, 6) is -1.21. The number of rotatable bonds is 4. The fourth-order valence-corrected chi connectivity index (χ4v) is 3.00. The van der Waals surface area contributed by atoms with Gasteiger partial charge in [0.1, 0.15) is 5.65 Å². The summed E-state index contributed by atoms with van der Waals surface area (Å²) in [4.78, 5) is 32.3. The van der Waals surface area contributed by atoms with Gasteiger partial charge in [-0.2, -0.15) is 0 Å². The van der Waals surface area contributed by atoms with Gasteiger partial charge in [-0.05, 0) is 24.3 Å². The van der Waals surface area contributed by atoms with Crippen LogP contribution < -0.4 is 0 Å². The van der Waals surface area contributed by atoms with Gasteiger partial charge < -0.3 is 9.51 Å². The summed E-state index contributed by atoms with van der Waals surface area (Å²) in [6.07, 6.45) is 3.93. The third kappa shape index (κ3) is 5.14. The van der Waals surface area contributed by atoms with E-state index < -0.39 is 37.6 Å². The highest BCUT2D eigenvalue weighted by Crippen LogP contribution is 2.39. The van der Waals surface area contributed by atoms with E-state index in [-0.39, 0.29) is 0 Å². The number of benzene rings is 2. The van der Waals surface area contributed by atoms with Crippen LogP contribution in [0.25, 0.3) is 16.9 Å². The largest absolute Gasteiger partial charge is 0.497 e. The van der Waals surface area contributed by atoms with Crippen molar-refractivity contribution in [2.75, 3.05) is 0 Å². The molecule has 1 N–H and O–H groups in total. The van der Waals surface area contributed by atoms with Crippen LogP contribution in [0.15, 0.2) is 60.9 Å². The van der Waals surface area contributed by atoms with Gasteiger partial charge in [0.25, 0.3) is 11.4 Å². The molecule has 0 fully saturated rings. The number of pyridine rings is 1. The Bertz CT molecular complexity index is 1340. The number of phenolic OH excluding ortho intramolecular Hbond substituents is 1. The van der Waals surface area contributed by atoms with Crippen LogP contribution in [0.4, 0.5) is 17.1 Å². The fraction of sp³-hybridized carbons (Fsp3) is 0. The molecule has 4 rings (SSSR count). The molecule has 0 amide bonds. The third-order valence-electron chi connectivity index (χ3n) is 4.24. The maximum absolute atomic E-state index is 10.4. The molecule has 0 spiro atoms. The first-order valence-corrected chi connectivity index (χ1v) is 9.53. The minimum atomic E-state index is -1.21. The Morgan fingerprint density at radius 3 is 2.00 bits per heavy atom. The van der Waals surface area contributed by atoms with Crippen molar-refractivity contribution in [2.45, 2.75) is 0 Å². The van der Waals surface area contributed by atoms with Crippen molar-refractivity contribution >= 4 is 45.9 Å². The predicted octanol–water partition coefficient (Wildman–Crippen LogP) is 5.42. The van der Waals surface area contributed by atoms with Gasteiger partial charge >= 0.3 is 11.4 Å². The van der Waals surface area contributed by atoms with Crippen LogP contribution in [-0.4, -0.2) is 29.3 Å². The minimum Gasteiger partial charge on any atom is -0.497 e. The highest BCUT2D eigenvalue weighted by atomic mass is 35.5. The Kier molecular flexibility index (Phi) is 6.70. The fourth-order valence-electron chi connectivity index (χ4n) is 2.70. The van der Waals surface area contributed by atoms with Crippen molar-refractivity contribution < 1.29 is 19.9 Å². The molecule has 2 heterocycles. The molecule has 168 valence electrons. The zero-order chi connectivity index (χ0) is 24.3. The molecule has 0 saturated heterocycles. The van der Waals surface area contributed by atoms with Crippen molar-refractivity contribution in [3.8, 4) is 17.0 Å². The van der Waals surface area contributed by atoms with Gasteiger partial charge in [-0.1, -0.05) is 35.3 Å². The number of nitro groups is 3. The number of imidazole rings is 1. The Morgan fingerprint density at radius 2 is 1.48 bits per heavy atom. The van der Waals surface area contributed by atoms with Crippen molar-refractivity contribution in [1.82, 2.24) is 9.38 Å². The number of fused-ring (bicyclic) bond motifs is 1. The molecule has 0 bridgehead atoms. The Morgan fingerprint density at radius 1 is 0.848 bits per heavy atom. The molecule has 14 heteroatoms. The Balaban J connectivity index is 0.000000186. The summed E-state index contributed by atoms with van der Waals surface area (Å²) in [6.45, 7) is 0. The number of aromatic hydroxyl groups is 1. The van der Waals surface area contributed by atoms with E-state index in [1.165, 1.54) is 0 Å². The topological polar surface area (TPSA) is 167 Å². The first kappa shape index (κ1) is 23.4. The quantitative estimate of drug-likeness (QED) is 0.291. The lowest BCUT2D eigenvalue weighted by atomic mass is 10.2. The van der Waals surface area contributed by atoms with Crippen LogP contribution in [0.1, 0.15) is 0 Å². The van der Waals surface area contributed by atoms with Gasteiger partial charge in [0.05, 0.1) is 42.6 Å². The molecule has 0 atom stereocenters. The standard InChI is InChI=1S/C13H8Cl2N2.C6H3N3O7/c14-10-5-4-9(7-11(10)15)12-8-17-6-2-1-3-13(17)16-12;10-6-4(8(13)14)1-3(7(11)12)2-5(6)9(15)16/h1-8H;1-2,10H. The van der Waals surface area contributed by atoms with Crippen LogP contribution in [0.2, 0.25) is 10.0 Å². The van der Waals surface area contributed by atoms with Crippen molar-refractivity contribution in [3.05, 3.63) is 101 Å². The van der Waals surface area contributed by atoms with Gasteiger partial charge in [0, 0.05) is 18.0 Å². The average molecular weight is 492 g/mol. The van der Waals surface area contributed by atoms with Crippen molar-refractivity contribution in [1.29, 1.82) is 0 Å². The van der Waals surface area contributed by atoms with E-state index in [0.717, 1.165) is 16.9 Å². The first-order valence-electron chi connectivity index (χ1n) is 8.78. The first-order chi connectivity index (χ1) is 15.6. The molecule has 2 aromatic carbocycles. The van der Waals surface area contributed by atoms with Crippen LogP contribution in [0.3, 0.4) is 0 Å². The monoisotopic (exact) mass is 491 g/mol. The summed E-state index contributed by atoms with van der Waals surface area (Å²) in [7, 11) is 0. The van der Waals surface area contributed by atoms with Gasteiger partial charge in [-0.3, -0.25) is 30.3 Å². The molecule has 0 aliphatic carbocycles. The number of hydrogen-bond donors (Lipinski definition) is 1. The number of hydrogen-bond acceptors (Lipinski definition) is 8. The minimum absolute atomic E-state index is 0.447. The number of non-ortho nitro benzene ring substituents is 1. The second-order valence-electron chi connectivity index (χ2n) is 6.33. The van der Waals surface area contributed by atoms with Crippen molar-refractivity contribution in [3.63, 3.8) is 0 Å². The maximum Gasteiger partial charge on any atom is 0.324 e. The highest BCUT2D eigenvalue weighted by molar-refractivity contribution is 6.42. The second-order valence-corrected chi connectivity index (χ2v) is 7.14. The molecule has 2 aromatic heterocycles. The molecule has 0 unspecified atom stereocenters. The summed E-state index contributed by atoms with van der Waals surface area (Å²) in [5, 5.41) is 41.3. The molecule has 0 aliphatic rings. The second kappa shape index (κ2) is 9.46. The van der Waals surface area contributed by atoms with Crippen LogP contribution in [0, 0.1) is 30.3 Å². The maximum atomic E-state index is 10.4. The van der Waals surface area contributed by atoms with E-state index in [1.807, 2.05) is 47.1 Å². The Hall–Kier alpha value is -4.29. The molecule has 33 heavy (non-hydrogen) atoms. The SMILES string of the molecule is Clc1ccc(-c2cn3ccccc3n2)cc1Cl.O=[N+]([O-])c1cc([N+](=O)[O-])c(O)c([N+](=O)[O-])c1. The normalized spacial score (nSPS) is 10.4. The van der Waals surface area contributed by atoms with E-state index in [4.69, 9.17) is 28.3 Å². The molecule has 12 nitrogen and oxygen atoms in total. The van der Waals surface area contributed by atoms with Crippen LogP contribution >= 0.6 is 23.2 Å². The summed E-state index contributed by atoms with van der Waals surface area (Å²) >= 11 is 11.9. The number of aromatic nitrogens is 2. The van der Waals surface area contributed by atoms with E-state index in [0.29, 0.717) is 22.2 Å². The lowest BCUT2D eigenvalue weighted by molar-refractivity contribution is -0.404. The molecule has 0 radical (unpaired) electrons. The highest BCUT2D eigenvalue weighted by Gasteiger charge is 2.30. The number of nitro benzene ring substituents is 3. The van der Waals surface area contributed by atoms with E-state index in [1.54, 1.807) is 6.07 Å². The molecular formula is C19H11Cl2N5O7. The van der Waals surface area contributed by atoms with E-state index in [2.05, 4.69) is 4.98 Å². The molecule has 0 aliphatic heterocycles. The molecular weight excluding hydrogens is 481 g/mol. The number of nitrogens with zero attached hydrogens (tertiary/aromatic N) is 5. The average Bonchev–Trinajstić information content (AvgIpc) is 3.20. The smallest absolute Gasteiger partial charge is 0.324 e. The molecule has 0 saturated carbocycles. The lowest BCUT2D eigenvalue weighted by Gasteiger charge is -1.98. The van der Waals surface area contributed by atoms with E-state index >= 15 is 0 Å². The van der Waals surface area contributed by atoms with Gasteiger partial charge in [-0.15, -0.1) is 0 Å². The predicted molar refractivity (Wildman–Crippen MR) is 119 cm³/mol. The summed E-state index contributed by atoms with van der Waals surface area (Å²) in [5.41, 5.74) is -0.246. The number of phenols is 1. The summed E-state index contributed by atoms with van der Waals surface area (Å²) < 4.78 is 1.97. The van der Waals surface area contributed by atoms with Gasteiger partial charge in [-0.25, -0.2) is 4.98 Å². The summed E-state index contributed by atoms with van der Waals surface area (Å²) in [6, 6.07) is 12.3. The van der Waals surface area contributed by atoms with E-state index in [9.17, 15) is 30.3 Å². The van der Waals surface area contributed by atoms with Crippen molar-refractivity contribution in [2.24, 2.45) is 0 Å². The Labute approximate surface area is 193 Å². The number of halogens is 2. The third-order valence-corrected chi connectivity index (χ3v) is 4.98. The lowest BCUT2D eigenvalue weighted by Crippen LogP contribution is -1.97. The van der Waals surface area contributed by atoms with Gasteiger partial charge in [0.2, 0.25) is 0 Å². The zero-order valence-corrected chi connectivity index (χ0v) is 17.7. The van der Waals surface area contributed by atoms with Gasteiger partial charge in [0.15, 0.2) is 0 Å².